The summed E-state index contributed by atoms with van der Waals surface area (Å²) < 4.78 is 6.41. The second-order valence-corrected chi connectivity index (χ2v) is 4.80. The second kappa shape index (κ2) is 5.46. The van der Waals surface area contributed by atoms with Crippen LogP contribution in [0.2, 0.25) is 0 Å². The Bertz CT molecular complexity index is 782. The molecule has 3 rings (SSSR count). The van der Waals surface area contributed by atoms with Gasteiger partial charge in [0.15, 0.2) is 6.23 Å². The van der Waals surface area contributed by atoms with Crippen LogP contribution >= 0.6 is 0 Å². The standard InChI is InChI=1S/C11H13N5O6/c17-3-6-7(18)8(19)10(22-6)16-2-5(14-15-16)4-1-12-11(21)13-9(4)20/h1-2,6-8,10,17-19H,3H2,(H2,12,13,20,21)/t6-,7-,8-,10-/m1/s1. The average molecular weight is 311 g/mol. The Morgan fingerprint density at radius 1 is 1.32 bits per heavy atom. The average Bonchev–Trinajstić information content (AvgIpc) is 3.06. The van der Waals surface area contributed by atoms with Crippen molar-refractivity contribution in [3.63, 3.8) is 0 Å². The Kier molecular flexibility index (Phi) is 3.62. The predicted octanol–water partition coefficient (Wildman–Crippen LogP) is -3.07. The van der Waals surface area contributed by atoms with E-state index in [9.17, 15) is 19.8 Å². The maximum absolute atomic E-state index is 11.7. The molecule has 2 aromatic heterocycles. The van der Waals surface area contributed by atoms with Gasteiger partial charge in [-0.2, -0.15) is 0 Å². The highest BCUT2D eigenvalue weighted by Crippen LogP contribution is 2.29. The Balaban J connectivity index is 1.91. The van der Waals surface area contributed by atoms with Crippen LogP contribution in [0.4, 0.5) is 0 Å². The highest BCUT2D eigenvalue weighted by atomic mass is 16.6. The number of ether oxygens (including phenoxy) is 1. The van der Waals surface area contributed by atoms with Crippen LogP contribution in [0.15, 0.2) is 22.0 Å². The lowest BCUT2D eigenvalue weighted by Gasteiger charge is -2.13. The molecule has 1 aliphatic rings. The first-order chi connectivity index (χ1) is 10.5. The van der Waals surface area contributed by atoms with E-state index < -0.39 is 42.4 Å². The summed E-state index contributed by atoms with van der Waals surface area (Å²) in [5.41, 5.74) is -1.06. The van der Waals surface area contributed by atoms with Crippen molar-refractivity contribution >= 4 is 0 Å². The number of rotatable bonds is 3. The van der Waals surface area contributed by atoms with Crippen LogP contribution in [-0.4, -0.2) is 65.2 Å². The molecule has 0 spiro atoms. The maximum atomic E-state index is 11.7. The minimum Gasteiger partial charge on any atom is -0.394 e. The molecule has 22 heavy (non-hydrogen) atoms. The molecule has 0 amide bonds. The summed E-state index contributed by atoms with van der Waals surface area (Å²) in [6, 6.07) is 0. The first kappa shape index (κ1) is 14.6. The molecule has 1 saturated heterocycles. The molecule has 118 valence electrons. The van der Waals surface area contributed by atoms with Gasteiger partial charge in [-0.15, -0.1) is 5.10 Å². The van der Waals surface area contributed by atoms with E-state index in [2.05, 4.69) is 20.3 Å². The number of nitrogens with zero attached hydrogens (tertiary/aromatic N) is 3. The zero-order valence-corrected chi connectivity index (χ0v) is 11.1. The minimum absolute atomic E-state index is 0.0811. The molecule has 1 aliphatic heterocycles. The van der Waals surface area contributed by atoms with Gasteiger partial charge < -0.3 is 25.0 Å². The SMILES string of the molecule is O=c1[nH]cc(-c2cn([C@@H]3O[C@H](CO)[C@@H](O)[C@H]3O)nn2)c(=O)[nH]1. The van der Waals surface area contributed by atoms with E-state index >= 15 is 0 Å². The zero-order valence-electron chi connectivity index (χ0n) is 11.1. The Morgan fingerprint density at radius 2 is 2.09 bits per heavy atom. The molecule has 0 bridgehead atoms. The summed E-state index contributed by atoms with van der Waals surface area (Å²) in [6.45, 7) is -0.462. The van der Waals surface area contributed by atoms with Crippen molar-refractivity contribution in [1.29, 1.82) is 0 Å². The van der Waals surface area contributed by atoms with Crippen molar-refractivity contribution < 1.29 is 20.1 Å². The number of aromatic nitrogens is 5. The fourth-order valence-electron chi connectivity index (χ4n) is 2.22. The molecule has 1 fully saturated rings. The number of H-pyrrole nitrogens is 2. The predicted molar refractivity (Wildman–Crippen MR) is 69.7 cm³/mol. The van der Waals surface area contributed by atoms with Crippen LogP contribution in [0.3, 0.4) is 0 Å². The number of hydrogen-bond donors (Lipinski definition) is 5. The molecular formula is C11H13N5O6. The van der Waals surface area contributed by atoms with Crippen LogP contribution in [-0.2, 0) is 4.74 Å². The van der Waals surface area contributed by atoms with Crippen LogP contribution in [0.5, 0.6) is 0 Å². The molecule has 3 heterocycles. The monoisotopic (exact) mass is 311 g/mol. The van der Waals surface area contributed by atoms with Crippen molar-refractivity contribution in [2.75, 3.05) is 6.61 Å². The number of aromatic amines is 2. The topological polar surface area (TPSA) is 166 Å². The zero-order chi connectivity index (χ0) is 15.9. The summed E-state index contributed by atoms with van der Waals surface area (Å²) in [4.78, 5) is 27.0. The van der Waals surface area contributed by atoms with Crippen LogP contribution in [0.1, 0.15) is 6.23 Å². The van der Waals surface area contributed by atoms with E-state index in [0.717, 1.165) is 4.68 Å². The Labute approximate surface area is 121 Å². The van der Waals surface area contributed by atoms with Gasteiger partial charge >= 0.3 is 5.69 Å². The van der Waals surface area contributed by atoms with E-state index in [4.69, 9.17) is 9.84 Å². The third kappa shape index (κ3) is 2.35. The Hall–Kier alpha value is -2.34. The molecule has 11 heteroatoms. The maximum Gasteiger partial charge on any atom is 0.325 e. The second-order valence-electron chi connectivity index (χ2n) is 4.80. The van der Waals surface area contributed by atoms with Gasteiger partial charge in [0.05, 0.1) is 18.4 Å². The van der Waals surface area contributed by atoms with Gasteiger partial charge in [0, 0.05) is 6.20 Å². The molecular weight excluding hydrogens is 298 g/mol. The minimum atomic E-state index is -1.31. The molecule has 2 aromatic rings. The summed E-state index contributed by atoms with van der Waals surface area (Å²) >= 11 is 0. The quantitative estimate of drug-likeness (QED) is 0.398. The lowest BCUT2D eigenvalue weighted by molar-refractivity contribution is -0.0593. The smallest absolute Gasteiger partial charge is 0.325 e. The number of aliphatic hydroxyl groups excluding tert-OH is 3. The molecule has 0 radical (unpaired) electrons. The molecule has 0 unspecified atom stereocenters. The van der Waals surface area contributed by atoms with Crippen LogP contribution < -0.4 is 11.2 Å². The first-order valence-electron chi connectivity index (χ1n) is 6.38. The van der Waals surface area contributed by atoms with E-state index in [-0.39, 0.29) is 11.3 Å². The molecule has 0 aromatic carbocycles. The van der Waals surface area contributed by atoms with Gasteiger partial charge in [0.2, 0.25) is 0 Å². The molecule has 11 nitrogen and oxygen atoms in total. The van der Waals surface area contributed by atoms with Crippen molar-refractivity contribution in [3.05, 3.63) is 33.2 Å². The van der Waals surface area contributed by atoms with Gasteiger partial charge in [-0.1, -0.05) is 5.21 Å². The largest absolute Gasteiger partial charge is 0.394 e. The van der Waals surface area contributed by atoms with Gasteiger partial charge in [0.25, 0.3) is 5.56 Å². The normalized spacial score (nSPS) is 28.1. The fraction of sp³-hybridized carbons (Fsp3) is 0.455. The summed E-state index contributed by atoms with van der Waals surface area (Å²) in [7, 11) is 0. The van der Waals surface area contributed by atoms with Gasteiger partial charge in [-0.3, -0.25) is 9.78 Å². The molecule has 0 aliphatic carbocycles. The molecule has 4 atom stereocenters. The van der Waals surface area contributed by atoms with Crippen molar-refractivity contribution in [1.82, 2.24) is 25.0 Å². The number of aliphatic hydroxyl groups is 3. The highest BCUT2D eigenvalue weighted by Gasteiger charge is 2.44. The van der Waals surface area contributed by atoms with Gasteiger partial charge in [-0.05, 0) is 0 Å². The van der Waals surface area contributed by atoms with Crippen LogP contribution in [0.25, 0.3) is 11.3 Å². The fourth-order valence-corrected chi connectivity index (χ4v) is 2.22. The van der Waals surface area contributed by atoms with E-state index in [1.807, 2.05) is 0 Å². The van der Waals surface area contributed by atoms with Crippen molar-refractivity contribution in [2.24, 2.45) is 0 Å². The summed E-state index contributed by atoms with van der Waals surface area (Å²) in [5, 5.41) is 36.1. The first-order valence-corrected chi connectivity index (χ1v) is 6.38. The summed E-state index contributed by atoms with van der Waals surface area (Å²) in [6.07, 6.45) is -2.05. The Morgan fingerprint density at radius 3 is 2.73 bits per heavy atom. The van der Waals surface area contributed by atoms with E-state index in [1.54, 1.807) is 0 Å². The van der Waals surface area contributed by atoms with E-state index in [1.165, 1.54) is 12.4 Å². The van der Waals surface area contributed by atoms with E-state index in [0.29, 0.717) is 0 Å². The number of hydrogen-bond acceptors (Lipinski definition) is 8. The highest BCUT2D eigenvalue weighted by molar-refractivity contribution is 5.54. The van der Waals surface area contributed by atoms with Crippen LogP contribution in [0, 0.1) is 0 Å². The van der Waals surface area contributed by atoms with Crippen molar-refractivity contribution in [2.45, 2.75) is 24.5 Å². The molecule has 5 N–H and O–H groups in total. The van der Waals surface area contributed by atoms with Crippen molar-refractivity contribution in [3.8, 4) is 11.3 Å². The lowest BCUT2D eigenvalue weighted by Crippen LogP contribution is -2.33. The summed E-state index contributed by atoms with van der Waals surface area (Å²) in [5.74, 6) is 0. The third-order valence-corrected chi connectivity index (χ3v) is 3.38. The number of nitrogens with one attached hydrogen (secondary N) is 2. The van der Waals surface area contributed by atoms with Gasteiger partial charge in [0.1, 0.15) is 24.0 Å². The third-order valence-electron chi connectivity index (χ3n) is 3.38. The molecule has 0 saturated carbocycles. The lowest BCUT2D eigenvalue weighted by atomic mass is 10.1. The van der Waals surface area contributed by atoms with Gasteiger partial charge in [-0.25, -0.2) is 9.48 Å².